The van der Waals surface area contributed by atoms with Gasteiger partial charge in [0.2, 0.25) is 5.91 Å². The van der Waals surface area contributed by atoms with Crippen molar-refractivity contribution in [1.29, 1.82) is 0 Å². The molecule has 2 aromatic carbocycles. The van der Waals surface area contributed by atoms with Crippen LogP contribution in [0.25, 0.3) is 6.08 Å². The van der Waals surface area contributed by atoms with Crippen LogP contribution in [-0.2, 0) is 9.59 Å². The molecule has 1 heterocycles. The van der Waals surface area contributed by atoms with Gasteiger partial charge in [0, 0.05) is 19.8 Å². The molecule has 1 fully saturated rings. The molecule has 2 N–H and O–H groups in total. The summed E-state index contributed by atoms with van der Waals surface area (Å²) in [5.41, 5.74) is 2.37. The highest BCUT2D eigenvalue weighted by Crippen LogP contribution is 2.23. The third kappa shape index (κ3) is 4.55. The van der Waals surface area contributed by atoms with E-state index in [9.17, 15) is 14.4 Å². The lowest BCUT2D eigenvalue weighted by molar-refractivity contribution is -0.127. The Bertz CT molecular complexity index is 967. The molecule has 1 aliphatic heterocycles. The van der Waals surface area contributed by atoms with Crippen molar-refractivity contribution in [2.45, 2.75) is 0 Å². The van der Waals surface area contributed by atoms with Crippen LogP contribution >= 0.6 is 0 Å². The van der Waals surface area contributed by atoms with Crippen LogP contribution in [-0.4, -0.2) is 50.5 Å². The van der Waals surface area contributed by atoms with Crippen molar-refractivity contribution >= 4 is 35.3 Å². The van der Waals surface area contributed by atoms with Gasteiger partial charge < -0.3 is 20.3 Å². The van der Waals surface area contributed by atoms with Crippen LogP contribution in [0, 0.1) is 0 Å². The third-order valence-corrected chi connectivity index (χ3v) is 4.37. The van der Waals surface area contributed by atoms with Crippen molar-refractivity contribution in [2.75, 3.05) is 38.0 Å². The van der Waals surface area contributed by atoms with E-state index in [4.69, 9.17) is 4.74 Å². The van der Waals surface area contributed by atoms with Crippen LogP contribution in [0.4, 0.5) is 16.2 Å². The minimum absolute atomic E-state index is 0.123. The first-order valence-corrected chi connectivity index (χ1v) is 8.94. The summed E-state index contributed by atoms with van der Waals surface area (Å²) in [4.78, 5) is 39.9. The van der Waals surface area contributed by atoms with Crippen molar-refractivity contribution in [3.63, 3.8) is 0 Å². The van der Waals surface area contributed by atoms with Crippen molar-refractivity contribution in [3.8, 4) is 5.75 Å². The van der Waals surface area contributed by atoms with E-state index in [0.29, 0.717) is 11.4 Å². The molecule has 2 aromatic rings. The molecule has 1 aliphatic rings. The van der Waals surface area contributed by atoms with Crippen LogP contribution in [0.3, 0.4) is 0 Å². The van der Waals surface area contributed by atoms with E-state index in [1.807, 2.05) is 43.3 Å². The van der Waals surface area contributed by atoms with Gasteiger partial charge >= 0.3 is 6.03 Å². The molecular formula is C21H22N4O4. The fourth-order valence-corrected chi connectivity index (χ4v) is 2.83. The van der Waals surface area contributed by atoms with Gasteiger partial charge in [0.1, 0.15) is 18.0 Å². The van der Waals surface area contributed by atoms with E-state index >= 15 is 0 Å². The number of ether oxygens (including phenoxy) is 1. The summed E-state index contributed by atoms with van der Waals surface area (Å²) < 4.78 is 5.18. The summed E-state index contributed by atoms with van der Waals surface area (Å²) in [7, 11) is 5.36. The Morgan fingerprint density at radius 3 is 2.48 bits per heavy atom. The van der Waals surface area contributed by atoms with E-state index in [2.05, 4.69) is 10.6 Å². The van der Waals surface area contributed by atoms with Crippen LogP contribution in [0.2, 0.25) is 0 Å². The zero-order valence-corrected chi connectivity index (χ0v) is 16.4. The molecule has 4 amide bonds. The lowest BCUT2D eigenvalue weighted by Gasteiger charge is -2.13. The molecule has 0 aliphatic carbocycles. The smallest absolute Gasteiger partial charge is 0.329 e. The third-order valence-electron chi connectivity index (χ3n) is 4.37. The molecule has 8 nitrogen and oxygen atoms in total. The number of anilines is 2. The Hall–Kier alpha value is -3.81. The maximum absolute atomic E-state index is 12.6. The second kappa shape index (κ2) is 8.47. The van der Waals surface area contributed by atoms with Crippen LogP contribution < -0.4 is 20.3 Å². The number of hydrogen-bond donors (Lipinski definition) is 2. The molecule has 0 bridgehead atoms. The molecule has 0 aromatic heterocycles. The van der Waals surface area contributed by atoms with Crippen molar-refractivity contribution in [3.05, 3.63) is 59.8 Å². The maximum atomic E-state index is 12.6. The van der Waals surface area contributed by atoms with Crippen molar-refractivity contribution in [1.82, 2.24) is 10.2 Å². The minimum Gasteiger partial charge on any atom is -0.495 e. The number of para-hydroxylation sites is 2. The number of carbonyl (C=O) groups is 3. The number of benzene rings is 2. The number of rotatable bonds is 6. The predicted octanol–water partition coefficient (Wildman–Crippen LogP) is 2.29. The highest BCUT2D eigenvalue weighted by Gasteiger charge is 2.35. The molecule has 0 atom stereocenters. The van der Waals surface area contributed by atoms with Crippen LogP contribution in [0.1, 0.15) is 5.56 Å². The van der Waals surface area contributed by atoms with Gasteiger partial charge in [-0.15, -0.1) is 0 Å². The molecule has 0 radical (unpaired) electrons. The Kier molecular flexibility index (Phi) is 5.82. The average Bonchev–Trinajstić information content (AvgIpc) is 2.96. The Morgan fingerprint density at radius 1 is 1.14 bits per heavy atom. The fourth-order valence-electron chi connectivity index (χ4n) is 2.83. The molecule has 0 spiro atoms. The van der Waals surface area contributed by atoms with Gasteiger partial charge in [-0.2, -0.15) is 0 Å². The quantitative estimate of drug-likeness (QED) is 0.580. The summed E-state index contributed by atoms with van der Waals surface area (Å²) in [5, 5.41) is 5.16. The van der Waals surface area contributed by atoms with Gasteiger partial charge in [-0.1, -0.05) is 24.3 Å². The molecular weight excluding hydrogens is 372 g/mol. The van der Waals surface area contributed by atoms with Gasteiger partial charge in [0.15, 0.2) is 0 Å². The van der Waals surface area contributed by atoms with Crippen molar-refractivity contribution in [2.24, 2.45) is 0 Å². The van der Waals surface area contributed by atoms with E-state index in [1.165, 1.54) is 7.11 Å². The number of nitrogens with one attached hydrogen (secondary N) is 2. The Morgan fingerprint density at radius 2 is 1.83 bits per heavy atom. The molecule has 29 heavy (non-hydrogen) atoms. The first-order valence-electron chi connectivity index (χ1n) is 8.94. The molecule has 8 heteroatoms. The number of urea groups is 1. The number of nitrogens with zero attached hydrogens (tertiary/aromatic N) is 2. The lowest BCUT2D eigenvalue weighted by Crippen LogP contribution is -2.38. The number of imide groups is 1. The van der Waals surface area contributed by atoms with E-state index in [-0.39, 0.29) is 5.70 Å². The van der Waals surface area contributed by atoms with Crippen LogP contribution in [0.5, 0.6) is 5.75 Å². The molecule has 3 rings (SSSR count). The number of methoxy groups -OCH3 is 1. The number of carbonyl (C=O) groups excluding carboxylic acids is 3. The van der Waals surface area contributed by atoms with E-state index in [1.54, 1.807) is 30.3 Å². The van der Waals surface area contributed by atoms with E-state index in [0.717, 1.165) is 16.2 Å². The molecule has 0 unspecified atom stereocenters. The Balaban J connectivity index is 1.69. The first-order chi connectivity index (χ1) is 13.9. The lowest BCUT2D eigenvalue weighted by atomic mass is 10.1. The topological polar surface area (TPSA) is 91.0 Å². The number of amides is 4. The second-order valence-corrected chi connectivity index (χ2v) is 6.61. The second-order valence-electron chi connectivity index (χ2n) is 6.61. The van der Waals surface area contributed by atoms with Gasteiger partial charge in [0.05, 0.1) is 12.8 Å². The van der Waals surface area contributed by atoms with Crippen molar-refractivity contribution < 1.29 is 19.1 Å². The average molecular weight is 394 g/mol. The molecule has 1 saturated heterocycles. The first kappa shape index (κ1) is 19.9. The fraction of sp³-hybridized carbons (Fsp3) is 0.190. The zero-order chi connectivity index (χ0) is 21.0. The summed E-state index contributed by atoms with van der Waals surface area (Å²) in [6.45, 7) is -0.403. The SMILES string of the molecule is COc1ccccc1NC(=O)CN1C(=O)N/C(=C/c2ccc(N(C)C)cc2)C1=O. The predicted molar refractivity (Wildman–Crippen MR) is 111 cm³/mol. The summed E-state index contributed by atoms with van der Waals surface area (Å²) in [6, 6.07) is 13.8. The minimum atomic E-state index is -0.638. The highest BCUT2D eigenvalue weighted by atomic mass is 16.5. The summed E-state index contributed by atoms with van der Waals surface area (Å²) in [6.07, 6.45) is 1.58. The van der Waals surface area contributed by atoms with E-state index < -0.39 is 24.4 Å². The van der Waals surface area contributed by atoms with Gasteiger partial charge in [-0.05, 0) is 35.9 Å². The normalized spacial score (nSPS) is 14.7. The van der Waals surface area contributed by atoms with Crippen LogP contribution in [0.15, 0.2) is 54.2 Å². The highest BCUT2D eigenvalue weighted by molar-refractivity contribution is 6.16. The molecule has 0 saturated carbocycles. The zero-order valence-electron chi connectivity index (χ0n) is 16.4. The monoisotopic (exact) mass is 394 g/mol. The number of hydrogen-bond acceptors (Lipinski definition) is 5. The van der Waals surface area contributed by atoms with Gasteiger partial charge in [0.25, 0.3) is 5.91 Å². The Labute approximate surface area is 168 Å². The largest absolute Gasteiger partial charge is 0.495 e. The summed E-state index contributed by atoms with van der Waals surface area (Å²) >= 11 is 0. The molecule has 150 valence electrons. The van der Waals surface area contributed by atoms with Gasteiger partial charge in [-0.25, -0.2) is 9.69 Å². The standard InChI is InChI=1S/C21H22N4O4/c1-24(2)15-10-8-14(9-11-15)12-17-20(27)25(21(28)23-17)13-19(26)22-16-6-4-5-7-18(16)29-3/h4-12H,13H2,1-3H3,(H,22,26)(H,23,28)/b17-12+. The maximum Gasteiger partial charge on any atom is 0.329 e. The summed E-state index contributed by atoms with van der Waals surface area (Å²) in [5.74, 6) is -0.573. The van der Waals surface area contributed by atoms with Gasteiger partial charge in [-0.3, -0.25) is 9.59 Å².